The number of hydrogen-bond acceptors (Lipinski definition) is 2. The van der Waals surface area contributed by atoms with E-state index in [9.17, 15) is 9.18 Å². The highest BCUT2D eigenvalue weighted by atomic mass is 19.1. The highest BCUT2D eigenvalue weighted by Crippen LogP contribution is 2.12. The lowest BCUT2D eigenvalue weighted by molar-refractivity contribution is 0.0953. The van der Waals surface area contributed by atoms with Gasteiger partial charge in [-0.15, -0.1) is 0 Å². The lowest BCUT2D eigenvalue weighted by Crippen LogP contribution is -2.25. The Balaban J connectivity index is 1.82. The lowest BCUT2D eigenvalue weighted by atomic mass is 10.1. The van der Waals surface area contributed by atoms with E-state index >= 15 is 0 Å². The van der Waals surface area contributed by atoms with Crippen molar-refractivity contribution in [3.8, 4) is 5.75 Å². The zero-order valence-electron chi connectivity index (χ0n) is 11.9. The van der Waals surface area contributed by atoms with Crippen LogP contribution in [0, 0.1) is 5.82 Å². The van der Waals surface area contributed by atoms with Crippen LogP contribution in [0.2, 0.25) is 0 Å². The Morgan fingerprint density at radius 3 is 2.62 bits per heavy atom. The Hall–Kier alpha value is -2.36. The molecule has 0 saturated heterocycles. The van der Waals surface area contributed by atoms with Gasteiger partial charge >= 0.3 is 0 Å². The van der Waals surface area contributed by atoms with Crippen molar-refractivity contribution < 1.29 is 13.9 Å². The van der Waals surface area contributed by atoms with Crippen molar-refractivity contribution in [3.63, 3.8) is 0 Å². The molecule has 0 aliphatic heterocycles. The second-order valence-corrected chi connectivity index (χ2v) is 4.59. The summed E-state index contributed by atoms with van der Waals surface area (Å²) in [5, 5.41) is 2.78. The molecule has 0 atom stereocenters. The second-order valence-electron chi connectivity index (χ2n) is 4.59. The van der Waals surface area contributed by atoms with Crippen molar-refractivity contribution in [2.75, 3.05) is 13.2 Å². The maximum absolute atomic E-state index is 13.0. The number of carbonyl (C=O) groups excluding carboxylic acids is 1. The molecule has 4 heteroatoms. The first-order valence-electron chi connectivity index (χ1n) is 6.94. The molecule has 0 heterocycles. The lowest BCUT2D eigenvalue weighted by Gasteiger charge is -2.07. The third kappa shape index (κ3) is 4.60. The van der Waals surface area contributed by atoms with E-state index in [0.717, 1.165) is 11.3 Å². The molecule has 110 valence electrons. The van der Waals surface area contributed by atoms with Crippen LogP contribution >= 0.6 is 0 Å². The first-order valence-corrected chi connectivity index (χ1v) is 6.94. The Morgan fingerprint density at radius 1 is 1.19 bits per heavy atom. The van der Waals surface area contributed by atoms with Gasteiger partial charge in [0.05, 0.1) is 6.61 Å². The molecular formula is C17H18FNO2. The summed E-state index contributed by atoms with van der Waals surface area (Å²) in [5.74, 6) is 0.166. The van der Waals surface area contributed by atoms with Crippen LogP contribution in [0.1, 0.15) is 22.8 Å². The van der Waals surface area contributed by atoms with E-state index in [2.05, 4.69) is 5.32 Å². The summed E-state index contributed by atoms with van der Waals surface area (Å²) in [5.41, 5.74) is 1.44. The van der Waals surface area contributed by atoms with Gasteiger partial charge < -0.3 is 10.1 Å². The molecule has 0 aromatic heterocycles. The van der Waals surface area contributed by atoms with Crippen LogP contribution in [0.5, 0.6) is 5.75 Å². The number of hydrogen-bond donors (Lipinski definition) is 1. The van der Waals surface area contributed by atoms with E-state index in [1.165, 1.54) is 18.2 Å². The molecule has 0 saturated carbocycles. The highest BCUT2D eigenvalue weighted by molar-refractivity contribution is 5.94. The standard InChI is InChI=1S/C17H18FNO2/c1-2-21-16-8-6-13(7-9-16)10-11-19-17(20)14-4-3-5-15(18)12-14/h3-9,12H,2,10-11H2,1H3,(H,19,20). The molecule has 0 spiro atoms. The number of ether oxygens (including phenoxy) is 1. The monoisotopic (exact) mass is 287 g/mol. The largest absolute Gasteiger partial charge is 0.494 e. The average molecular weight is 287 g/mol. The van der Waals surface area contributed by atoms with Crippen molar-refractivity contribution >= 4 is 5.91 Å². The van der Waals surface area contributed by atoms with Crippen LogP contribution in [-0.2, 0) is 6.42 Å². The quantitative estimate of drug-likeness (QED) is 0.886. The smallest absolute Gasteiger partial charge is 0.251 e. The first-order chi connectivity index (χ1) is 10.2. The fraction of sp³-hybridized carbons (Fsp3) is 0.235. The van der Waals surface area contributed by atoms with E-state index in [0.29, 0.717) is 25.1 Å². The van der Waals surface area contributed by atoms with Gasteiger partial charge in [0.15, 0.2) is 0 Å². The molecule has 1 N–H and O–H groups in total. The van der Waals surface area contributed by atoms with Crippen molar-refractivity contribution in [1.82, 2.24) is 5.32 Å². The van der Waals surface area contributed by atoms with Gasteiger partial charge in [0.25, 0.3) is 5.91 Å². The van der Waals surface area contributed by atoms with Gasteiger partial charge in [-0.2, -0.15) is 0 Å². The SMILES string of the molecule is CCOc1ccc(CCNC(=O)c2cccc(F)c2)cc1. The highest BCUT2D eigenvalue weighted by Gasteiger charge is 2.05. The molecule has 2 rings (SSSR count). The van der Waals surface area contributed by atoms with Crippen LogP contribution < -0.4 is 10.1 Å². The molecule has 1 amide bonds. The van der Waals surface area contributed by atoms with Gasteiger partial charge in [0.2, 0.25) is 0 Å². The molecule has 0 fully saturated rings. The number of amides is 1. The van der Waals surface area contributed by atoms with Crippen molar-refractivity contribution in [3.05, 3.63) is 65.5 Å². The van der Waals surface area contributed by atoms with Crippen LogP contribution in [0.15, 0.2) is 48.5 Å². The minimum atomic E-state index is -0.408. The topological polar surface area (TPSA) is 38.3 Å². The summed E-state index contributed by atoms with van der Waals surface area (Å²) in [6.07, 6.45) is 0.716. The minimum Gasteiger partial charge on any atom is -0.494 e. The van der Waals surface area contributed by atoms with E-state index < -0.39 is 5.82 Å². The Labute approximate surface area is 123 Å². The Bertz CT molecular complexity index is 596. The second kappa shape index (κ2) is 7.43. The maximum Gasteiger partial charge on any atom is 0.251 e. The summed E-state index contributed by atoms with van der Waals surface area (Å²) >= 11 is 0. The third-order valence-corrected chi connectivity index (χ3v) is 3.02. The van der Waals surface area contributed by atoms with Crippen molar-refractivity contribution in [2.45, 2.75) is 13.3 Å². The van der Waals surface area contributed by atoms with E-state index in [4.69, 9.17) is 4.74 Å². The molecule has 2 aromatic carbocycles. The zero-order chi connectivity index (χ0) is 15.1. The summed E-state index contributed by atoms with van der Waals surface area (Å²) in [4.78, 5) is 11.8. The van der Waals surface area contributed by atoms with Crippen LogP contribution in [0.25, 0.3) is 0 Å². The molecule has 21 heavy (non-hydrogen) atoms. The number of carbonyl (C=O) groups is 1. The molecule has 0 aliphatic rings. The number of halogens is 1. The maximum atomic E-state index is 13.0. The minimum absolute atomic E-state index is 0.263. The molecule has 0 radical (unpaired) electrons. The number of rotatable bonds is 6. The van der Waals surface area contributed by atoms with E-state index in [1.54, 1.807) is 6.07 Å². The fourth-order valence-electron chi connectivity index (χ4n) is 1.97. The van der Waals surface area contributed by atoms with Gasteiger partial charge in [-0.3, -0.25) is 4.79 Å². The fourth-order valence-corrected chi connectivity index (χ4v) is 1.97. The predicted molar refractivity (Wildman–Crippen MR) is 80.0 cm³/mol. The molecule has 0 aliphatic carbocycles. The zero-order valence-corrected chi connectivity index (χ0v) is 11.9. The predicted octanol–water partition coefficient (Wildman–Crippen LogP) is 3.20. The van der Waals surface area contributed by atoms with Gasteiger partial charge in [0, 0.05) is 12.1 Å². The molecule has 0 unspecified atom stereocenters. The third-order valence-electron chi connectivity index (χ3n) is 3.02. The molecule has 3 nitrogen and oxygen atoms in total. The van der Waals surface area contributed by atoms with E-state index in [-0.39, 0.29) is 5.91 Å². The summed E-state index contributed by atoms with van der Waals surface area (Å²) < 4.78 is 18.4. The van der Waals surface area contributed by atoms with Gasteiger partial charge in [0.1, 0.15) is 11.6 Å². The summed E-state index contributed by atoms with van der Waals surface area (Å²) in [6, 6.07) is 13.4. The van der Waals surface area contributed by atoms with Gasteiger partial charge in [-0.05, 0) is 49.2 Å². The summed E-state index contributed by atoms with van der Waals surface area (Å²) in [7, 11) is 0. The average Bonchev–Trinajstić information content (AvgIpc) is 2.49. The molecule has 0 bridgehead atoms. The van der Waals surface area contributed by atoms with Gasteiger partial charge in [-0.1, -0.05) is 18.2 Å². The van der Waals surface area contributed by atoms with Gasteiger partial charge in [-0.25, -0.2) is 4.39 Å². The van der Waals surface area contributed by atoms with E-state index in [1.807, 2.05) is 31.2 Å². The number of nitrogens with one attached hydrogen (secondary N) is 1. The molecular weight excluding hydrogens is 269 g/mol. The van der Waals surface area contributed by atoms with Crippen LogP contribution in [0.3, 0.4) is 0 Å². The Kier molecular flexibility index (Phi) is 5.32. The Morgan fingerprint density at radius 2 is 1.95 bits per heavy atom. The van der Waals surface area contributed by atoms with Crippen LogP contribution in [-0.4, -0.2) is 19.1 Å². The molecule has 2 aromatic rings. The summed E-state index contributed by atoms with van der Waals surface area (Å²) in [6.45, 7) is 3.09. The van der Waals surface area contributed by atoms with Crippen LogP contribution in [0.4, 0.5) is 4.39 Å². The van der Waals surface area contributed by atoms with Crippen molar-refractivity contribution in [2.24, 2.45) is 0 Å². The first kappa shape index (κ1) is 15.0. The van der Waals surface area contributed by atoms with Crippen molar-refractivity contribution in [1.29, 1.82) is 0 Å². The number of benzene rings is 2. The normalized spacial score (nSPS) is 10.2.